The van der Waals surface area contributed by atoms with E-state index in [1.807, 2.05) is 13.8 Å². The largest absolute Gasteiger partial charge is 0.508 e. The van der Waals surface area contributed by atoms with Crippen molar-refractivity contribution in [1.29, 1.82) is 5.26 Å². The molecule has 7 N–H and O–H groups in total. The first-order chi connectivity index (χ1) is 18.5. The van der Waals surface area contributed by atoms with Gasteiger partial charge in [-0.25, -0.2) is 0 Å². The Kier molecular flexibility index (Phi) is 7.12. The molecule has 0 aromatic heterocycles. The Bertz CT molecular complexity index is 1420. The lowest BCUT2D eigenvalue weighted by Gasteiger charge is -2.53. The van der Waals surface area contributed by atoms with Crippen molar-refractivity contribution in [3.63, 3.8) is 0 Å². The number of Topliss-reactive ketones (excluding diaryl/α,β-unsaturated/α-hetero) is 2. The number of nitrogens with two attached hydrogens (primary N) is 1. The van der Waals surface area contributed by atoms with Gasteiger partial charge in [0, 0.05) is 23.5 Å². The van der Waals surface area contributed by atoms with Gasteiger partial charge in [0.05, 0.1) is 29.7 Å². The summed E-state index contributed by atoms with van der Waals surface area (Å²) in [6.45, 7) is 5.44. The molecule has 214 valence electrons. The molecule has 0 heterocycles. The maximum atomic E-state index is 14.1. The third kappa shape index (κ3) is 3.85. The first-order valence-corrected chi connectivity index (χ1v) is 13.1. The smallest absolute Gasteiger partial charge is 0.255 e. The SMILES string of the molecule is C[C@@H]1c2ccc(C(C)(C)CCCC#N)c(O)c2C(O)=C2C(=O)[C@@]3(O)C(O)=C(C(N)=O)C(=O)[C@H](N(C)C)[C@H]3[C@H](O)[C@H]21. The van der Waals surface area contributed by atoms with Crippen LogP contribution in [0.25, 0.3) is 5.76 Å². The van der Waals surface area contributed by atoms with E-state index in [-0.39, 0.29) is 11.3 Å². The van der Waals surface area contributed by atoms with Gasteiger partial charge in [-0.3, -0.25) is 19.3 Å². The fourth-order valence-electron chi connectivity index (χ4n) is 6.91. The number of nitriles is 1. The van der Waals surface area contributed by atoms with Crippen molar-refractivity contribution in [2.45, 2.75) is 69.1 Å². The Morgan fingerprint density at radius 1 is 1.20 bits per heavy atom. The summed E-state index contributed by atoms with van der Waals surface area (Å²) in [5, 5.41) is 66.3. The van der Waals surface area contributed by atoms with Gasteiger partial charge in [0.25, 0.3) is 5.91 Å². The second-order valence-corrected chi connectivity index (χ2v) is 11.9. The molecule has 3 aliphatic carbocycles. The van der Waals surface area contributed by atoms with E-state index in [0.717, 1.165) is 0 Å². The van der Waals surface area contributed by atoms with Gasteiger partial charge in [0.1, 0.15) is 22.8 Å². The summed E-state index contributed by atoms with van der Waals surface area (Å²) >= 11 is 0. The molecule has 0 unspecified atom stereocenters. The summed E-state index contributed by atoms with van der Waals surface area (Å²) < 4.78 is 0. The first kappa shape index (κ1) is 29.3. The number of unbranched alkanes of at least 4 members (excludes halogenated alkanes) is 1. The predicted octanol–water partition coefficient (Wildman–Crippen LogP) is 1.47. The third-order valence-corrected chi connectivity index (χ3v) is 8.95. The second-order valence-electron chi connectivity index (χ2n) is 11.9. The van der Waals surface area contributed by atoms with E-state index in [0.29, 0.717) is 30.4 Å². The number of carbonyl (C=O) groups excluding carboxylic acids is 3. The topological polar surface area (TPSA) is 205 Å². The number of nitrogens with zero attached hydrogens (tertiary/aromatic N) is 2. The molecule has 4 rings (SSSR count). The van der Waals surface area contributed by atoms with Crippen LogP contribution in [0.3, 0.4) is 0 Å². The average Bonchev–Trinajstić information content (AvgIpc) is 2.85. The number of phenols is 1. The van der Waals surface area contributed by atoms with Gasteiger partial charge in [-0.2, -0.15) is 5.26 Å². The minimum atomic E-state index is -2.95. The van der Waals surface area contributed by atoms with Crippen LogP contribution in [0.5, 0.6) is 5.75 Å². The highest BCUT2D eigenvalue weighted by atomic mass is 16.4. The van der Waals surface area contributed by atoms with Crippen LogP contribution in [0.2, 0.25) is 0 Å². The Morgan fingerprint density at radius 3 is 2.38 bits per heavy atom. The van der Waals surface area contributed by atoms with Gasteiger partial charge in [-0.05, 0) is 43.8 Å². The molecule has 40 heavy (non-hydrogen) atoms. The van der Waals surface area contributed by atoms with E-state index in [2.05, 4.69) is 6.07 Å². The lowest BCUT2D eigenvalue weighted by Crippen LogP contribution is -2.70. The number of phenolic OH excluding ortho intramolecular Hbond substituents is 1. The van der Waals surface area contributed by atoms with Crippen LogP contribution in [0.15, 0.2) is 29.0 Å². The number of primary amides is 1. The Labute approximate surface area is 231 Å². The van der Waals surface area contributed by atoms with E-state index >= 15 is 0 Å². The number of aliphatic hydroxyl groups excluding tert-OH is 3. The van der Waals surface area contributed by atoms with Crippen molar-refractivity contribution in [1.82, 2.24) is 4.90 Å². The molecule has 1 saturated carbocycles. The molecule has 0 radical (unpaired) electrons. The number of ketones is 2. The number of hydrogen-bond donors (Lipinski definition) is 6. The minimum absolute atomic E-state index is 0.0400. The van der Waals surface area contributed by atoms with Crippen LogP contribution in [0.1, 0.15) is 62.6 Å². The van der Waals surface area contributed by atoms with Crippen molar-refractivity contribution in [2.24, 2.45) is 17.6 Å². The standard InChI is InChI=1S/C29H35N3O8/c1-12-13-8-9-14(28(2,3)10-6-7-11-30)21(33)16(13)22(34)17-15(12)23(35)19-20(32(4)5)24(36)18(27(31)39)26(38)29(19,40)25(17)37/h8-9,12,15,19-20,23,33-35,38,40H,6-7,10H2,1-5H3,(H2,31,39)/t12-,15+,19+,20-,23-,29-/m1/s1. The molecule has 6 atom stereocenters. The summed E-state index contributed by atoms with van der Waals surface area (Å²) in [6.07, 6.45) is -0.184. The van der Waals surface area contributed by atoms with Crippen LogP contribution in [-0.4, -0.2) is 79.7 Å². The molecule has 0 aliphatic heterocycles. The third-order valence-electron chi connectivity index (χ3n) is 8.95. The maximum Gasteiger partial charge on any atom is 0.255 e. The highest BCUT2D eigenvalue weighted by Gasteiger charge is 2.68. The van der Waals surface area contributed by atoms with Crippen molar-refractivity contribution in [3.8, 4) is 11.8 Å². The molecule has 0 bridgehead atoms. The van der Waals surface area contributed by atoms with Crippen LogP contribution in [0.4, 0.5) is 0 Å². The number of likely N-dealkylation sites (N-methyl/N-ethyl adjacent to an activating group) is 1. The monoisotopic (exact) mass is 553 g/mol. The lowest BCUT2D eigenvalue weighted by atomic mass is 9.54. The van der Waals surface area contributed by atoms with E-state index in [9.17, 15) is 39.9 Å². The minimum Gasteiger partial charge on any atom is -0.508 e. The van der Waals surface area contributed by atoms with Gasteiger partial charge in [0.2, 0.25) is 5.78 Å². The highest BCUT2D eigenvalue weighted by Crippen LogP contribution is 2.57. The van der Waals surface area contributed by atoms with Crippen molar-refractivity contribution < 1.29 is 39.9 Å². The average molecular weight is 554 g/mol. The number of aromatic hydroxyl groups is 1. The van der Waals surface area contributed by atoms with Crippen LogP contribution < -0.4 is 5.73 Å². The summed E-state index contributed by atoms with van der Waals surface area (Å²) in [7, 11) is 2.92. The van der Waals surface area contributed by atoms with Crippen LogP contribution in [0, 0.1) is 23.2 Å². The number of hydrogen-bond acceptors (Lipinski definition) is 10. The Hall–Kier alpha value is -3.72. The van der Waals surface area contributed by atoms with Gasteiger partial charge in [-0.1, -0.05) is 32.9 Å². The van der Waals surface area contributed by atoms with E-state index < -0.39 is 81.1 Å². The summed E-state index contributed by atoms with van der Waals surface area (Å²) in [5.41, 5.74) is 1.27. The second kappa shape index (κ2) is 9.73. The molecule has 0 spiro atoms. The van der Waals surface area contributed by atoms with Crippen LogP contribution in [-0.2, 0) is 19.8 Å². The molecule has 1 aromatic rings. The predicted molar refractivity (Wildman–Crippen MR) is 143 cm³/mol. The van der Waals surface area contributed by atoms with E-state index in [1.54, 1.807) is 19.1 Å². The zero-order valence-electron chi connectivity index (χ0n) is 23.1. The molecular formula is C29H35N3O8. The molecule has 11 nitrogen and oxygen atoms in total. The fourth-order valence-corrected chi connectivity index (χ4v) is 6.91. The zero-order valence-corrected chi connectivity index (χ0v) is 23.1. The Balaban J connectivity index is 1.98. The number of aliphatic hydroxyl groups is 4. The molecule has 11 heteroatoms. The van der Waals surface area contributed by atoms with Gasteiger partial charge >= 0.3 is 0 Å². The van der Waals surface area contributed by atoms with Crippen molar-refractivity contribution in [3.05, 3.63) is 45.7 Å². The quantitative estimate of drug-likeness (QED) is 0.221. The number of amides is 1. The van der Waals surface area contributed by atoms with Crippen molar-refractivity contribution >= 4 is 23.2 Å². The maximum absolute atomic E-state index is 14.1. The van der Waals surface area contributed by atoms with Crippen LogP contribution >= 0.6 is 0 Å². The van der Waals surface area contributed by atoms with Gasteiger partial charge in [0.15, 0.2) is 11.4 Å². The number of fused-ring (bicyclic) bond motifs is 3. The molecule has 1 fully saturated rings. The van der Waals surface area contributed by atoms with Crippen molar-refractivity contribution in [2.75, 3.05) is 14.1 Å². The highest BCUT2D eigenvalue weighted by molar-refractivity contribution is 6.24. The normalized spacial score (nSPS) is 30.1. The Morgan fingerprint density at radius 2 is 1.82 bits per heavy atom. The molecule has 3 aliphatic rings. The molecule has 0 saturated heterocycles. The zero-order chi connectivity index (χ0) is 30.1. The lowest BCUT2D eigenvalue weighted by molar-refractivity contribution is -0.169. The van der Waals surface area contributed by atoms with Gasteiger partial charge in [-0.15, -0.1) is 0 Å². The molecular weight excluding hydrogens is 518 g/mol. The number of carbonyl (C=O) groups is 3. The molecule has 1 amide bonds. The van der Waals surface area contributed by atoms with E-state index in [4.69, 9.17) is 11.0 Å². The number of rotatable bonds is 6. The van der Waals surface area contributed by atoms with E-state index in [1.165, 1.54) is 19.0 Å². The summed E-state index contributed by atoms with van der Waals surface area (Å²) in [4.78, 5) is 40.8. The summed E-state index contributed by atoms with van der Waals surface area (Å²) in [5.74, 6) is -9.11. The fraction of sp³-hybridized carbons (Fsp3) is 0.517. The van der Waals surface area contributed by atoms with Gasteiger partial charge < -0.3 is 31.3 Å². The first-order valence-electron chi connectivity index (χ1n) is 13.1. The summed E-state index contributed by atoms with van der Waals surface area (Å²) in [6, 6.07) is 4.10. The number of benzene rings is 1. The molecule has 1 aromatic carbocycles.